The maximum atomic E-state index is 13.3. The van der Waals surface area contributed by atoms with Gasteiger partial charge in [-0.05, 0) is 55.5 Å². The number of carboxylic acids is 1. The molecule has 0 bridgehead atoms. The highest BCUT2D eigenvalue weighted by Crippen LogP contribution is 2.35. The maximum absolute atomic E-state index is 13.3. The lowest BCUT2D eigenvalue weighted by atomic mass is 9.77. The third-order valence-electron chi connectivity index (χ3n) is 5.96. The van der Waals surface area contributed by atoms with Crippen molar-refractivity contribution < 1.29 is 29.0 Å². The number of benzene rings is 2. The molecular weight excluding hydrogens is 480 g/mol. The first-order chi connectivity index (χ1) is 15.3. The van der Waals surface area contributed by atoms with Gasteiger partial charge in [0.25, 0.3) is 5.91 Å². The van der Waals surface area contributed by atoms with E-state index < -0.39 is 17.8 Å². The zero-order chi connectivity index (χ0) is 22.8. The van der Waals surface area contributed by atoms with E-state index in [0.29, 0.717) is 41.7 Å². The van der Waals surface area contributed by atoms with Crippen LogP contribution in [0.3, 0.4) is 0 Å². The van der Waals surface area contributed by atoms with E-state index in [4.69, 9.17) is 15.2 Å². The number of Topliss-reactive ketones (excluding diaryl/α,β-unsaturated/α-hetero) is 1. The Kier molecular flexibility index (Phi) is 6.36. The van der Waals surface area contributed by atoms with Gasteiger partial charge in [-0.1, -0.05) is 22.0 Å². The molecule has 32 heavy (non-hydrogen) atoms. The lowest BCUT2D eigenvalue weighted by Gasteiger charge is -2.26. The van der Waals surface area contributed by atoms with Crippen LogP contribution in [0.2, 0.25) is 0 Å². The number of carbonyl (C=O) groups is 3. The van der Waals surface area contributed by atoms with Crippen molar-refractivity contribution in [3.63, 3.8) is 0 Å². The van der Waals surface area contributed by atoms with Crippen molar-refractivity contribution in [1.29, 1.82) is 0 Å². The summed E-state index contributed by atoms with van der Waals surface area (Å²) in [6.45, 7) is 0.404. The van der Waals surface area contributed by atoms with Crippen molar-refractivity contribution in [2.45, 2.75) is 32.2 Å². The predicted octanol–water partition coefficient (Wildman–Crippen LogP) is 3.76. The summed E-state index contributed by atoms with van der Waals surface area (Å²) in [4.78, 5) is 37.5. The Morgan fingerprint density at radius 2 is 1.72 bits per heavy atom. The molecule has 0 aromatic heterocycles. The number of anilines is 1. The second-order valence-electron chi connectivity index (χ2n) is 8.04. The molecule has 0 saturated heterocycles. The van der Waals surface area contributed by atoms with Crippen molar-refractivity contribution >= 4 is 39.3 Å². The van der Waals surface area contributed by atoms with E-state index >= 15 is 0 Å². The van der Waals surface area contributed by atoms with Crippen LogP contribution in [0.1, 0.15) is 52.0 Å². The standard InChI is InChI=1S/C23H23BrN2O6/c24-15-8-16(22(28)26-10-12-1-6-18-19(7-12)32-11-31-18)20(17(25)9-15)21(27)13-2-4-14(5-3-13)23(29)30/h1,6-9,13-14H,2-5,10-11,25H2,(H,26,28)(H,29,30). The molecule has 0 radical (unpaired) electrons. The average Bonchev–Trinajstić information content (AvgIpc) is 3.24. The Balaban J connectivity index is 1.51. The number of carbonyl (C=O) groups excluding carboxylic acids is 2. The highest BCUT2D eigenvalue weighted by atomic mass is 79.9. The van der Waals surface area contributed by atoms with E-state index in [1.54, 1.807) is 24.3 Å². The molecule has 1 aliphatic carbocycles. The molecule has 2 aliphatic rings. The van der Waals surface area contributed by atoms with Crippen LogP contribution in [0.4, 0.5) is 5.69 Å². The topological polar surface area (TPSA) is 128 Å². The molecule has 0 spiro atoms. The van der Waals surface area contributed by atoms with Crippen molar-refractivity contribution in [2.24, 2.45) is 11.8 Å². The van der Waals surface area contributed by atoms with Gasteiger partial charge in [-0.15, -0.1) is 0 Å². The number of nitrogen functional groups attached to an aromatic ring is 1. The van der Waals surface area contributed by atoms with Crippen LogP contribution in [-0.2, 0) is 11.3 Å². The summed E-state index contributed by atoms with van der Waals surface area (Å²) in [6, 6.07) is 8.59. The molecule has 1 fully saturated rings. The Hall–Kier alpha value is -3.07. The molecule has 0 atom stereocenters. The van der Waals surface area contributed by atoms with E-state index in [1.165, 1.54) is 0 Å². The third-order valence-corrected chi connectivity index (χ3v) is 6.42. The van der Waals surface area contributed by atoms with Gasteiger partial charge in [-0.3, -0.25) is 14.4 Å². The highest BCUT2D eigenvalue weighted by molar-refractivity contribution is 9.10. The number of amides is 1. The number of hydrogen-bond donors (Lipinski definition) is 3. The molecule has 1 aliphatic heterocycles. The van der Waals surface area contributed by atoms with Gasteiger partial charge in [0.2, 0.25) is 6.79 Å². The van der Waals surface area contributed by atoms with Crippen LogP contribution in [0.25, 0.3) is 0 Å². The molecule has 4 N–H and O–H groups in total. The smallest absolute Gasteiger partial charge is 0.306 e. The first-order valence-electron chi connectivity index (χ1n) is 10.4. The second kappa shape index (κ2) is 9.20. The minimum atomic E-state index is -0.831. The molecule has 168 valence electrons. The highest BCUT2D eigenvalue weighted by Gasteiger charge is 2.33. The minimum Gasteiger partial charge on any atom is -0.481 e. The quantitative estimate of drug-likeness (QED) is 0.405. The largest absolute Gasteiger partial charge is 0.481 e. The number of fused-ring (bicyclic) bond motifs is 1. The van der Waals surface area contributed by atoms with Crippen LogP contribution in [0.15, 0.2) is 34.8 Å². The zero-order valence-corrected chi connectivity index (χ0v) is 18.8. The van der Waals surface area contributed by atoms with E-state index in [-0.39, 0.29) is 41.9 Å². The number of nitrogens with one attached hydrogen (secondary N) is 1. The number of hydrogen-bond acceptors (Lipinski definition) is 6. The van der Waals surface area contributed by atoms with E-state index in [0.717, 1.165) is 5.56 Å². The van der Waals surface area contributed by atoms with Crippen LogP contribution < -0.4 is 20.5 Å². The van der Waals surface area contributed by atoms with Gasteiger partial charge in [0.15, 0.2) is 17.3 Å². The third kappa shape index (κ3) is 4.57. The molecule has 1 heterocycles. The van der Waals surface area contributed by atoms with E-state index in [2.05, 4.69) is 21.2 Å². The molecule has 2 aromatic rings. The average molecular weight is 503 g/mol. The number of ether oxygens (including phenoxy) is 2. The van der Waals surface area contributed by atoms with Gasteiger partial charge >= 0.3 is 5.97 Å². The van der Waals surface area contributed by atoms with Crippen LogP contribution in [0.5, 0.6) is 11.5 Å². The van der Waals surface area contributed by atoms with Gasteiger partial charge in [0.05, 0.1) is 17.0 Å². The van der Waals surface area contributed by atoms with Crippen LogP contribution in [0, 0.1) is 11.8 Å². The summed E-state index contributed by atoms with van der Waals surface area (Å²) < 4.78 is 11.3. The molecule has 1 amide bonds. The van der Waals surface area contributed by atoms with E-state index in [9.17, 15) is 19.5 Å². The number of halogens is 1. The lowest BCUT2D eigenvalue weighted by molar-refractivity contribution is -0.143. The number of ketones is 1. The molecular formula is C23H23BrN2O6. The molecule has 2 aromatic carbocycles. The fourth-order valence-electron chi connectivity index (χ4n) is 4.22. The summed E-state index contributed by atoms with van der Waals surface area (Å²) in [7, 11) is 0. The van der Waals surface area contributed by atoms with Gasteiger partial charge in [-0.2, -0.15) is 0 Å². The van der Waals surface area contributed by atoms with Crippen molar-refractivity contribution in [2.75, 3.05) is 12.5 Å². The van der Waals surface area contributed by atoms with Gasteiger partial charge in [0.1, 0.15) is 0 Å². The fraction of sp³-hybridized carbons (Fsp3) is 0.348. The number of nitrogens with two attached hydrogens (primary N) is 1. The Bertz CT molecular complexity index is 1080. The summed E-state index contributed by atoms with van der Waals surface area (Å²) in [5.41, 5.74) is 7.59. The minimum absolute atomic E-state index is 0.169. The molecule has 0 unspecified atom stereocenters. The van der Waals surface area contributed by atoms with Crippen molar-refractivity contribution in [3.8, 4) is 11.5 Å². The first kappa shape index (κ1) is 22.1. The summed E-state index contributed by atoms with van der Waals surface area (Å²) in [5, 5.41) is 12.0. The molecule has 1 saturated carbocycles. The summed E-state index contributed by atoms with van der Waals surface area (Å²) in [6.07, 6.45) is 1.80. The predicted molar refractivity (Wildman–Crippen MR) is 120 cm³/mol. The van der Waals surface area contributed by atoms with Crippen LogP contribution in [-0.4, -0.2) is 29.6 Å². The maximum Gasteiger partial charge on any atom is 0.306 e. The van der Waals surface area contributed by atoms with Gasteiger partial charge in [0, 0.05) is 22.6 Å². The Labute approximate surface area is 193 Å². The molecule has 9 heteroatoms. The van der Waals surface area contributed by atoms with Crippen LogP contribution >= 0.6 is 15.9 Å². The zero-order valence-electron chi connectivity index (χ0n) is 17.2. The SMILES string of the molecule is Nc1cc(Br)cc(C(=O)NCc2ccc3c(c2)OCO3)c1C(=O)C1CCC(C(=O)O)CC1. The lowest BCUT2D eigenvalue weighted by Crippen LogP contribution is -2.30. The van der Waals surface area contributed by atoms with Gasteiger partial charge < -0.3 is 25.6 Å². The first-order valence-corrected chi connectivity index (χ1v) is 11.2. The fourth-order valence-corrected chi connectivity index (χ4v) is 4.69. The Morgan fingerprint density at radius 1 is 1.03 bits per heavy atom. The van der Waals surface area contributed by atoms with E-state index in [1.807, 2.05) is 6.07 Å². The summed E-state index contributed by atoms with van der Waals surface area (Å²) in [5.74, 6) is -0.963. The number of rotatable bonds is 6. The molecule has 4 rings (SSSR count). The van der Waals surface area contributed by atoms with Crippen molar-refractivity contribution in [3.05, 3.63) is 51.5 Å². The van der Waals surface area contributed by atoms with Gasteiger partial charge in [-0.25, -0.2) is 0 Å². The normalized spacial score (nSPS) is 19.4. The monoisotopic (exact) mass is 502 g/mol. The molecule has 8 nitrogen and oxygen atoms in total. The Morgan fingerprint density at radius 3 is 2.44 bits per heavy atom. The second-order valence-corrected chi connectivity index (χ2v) is 8.95. The number of carboxylic acid groups (broad SMARTS) is 1. The van der Waals surface area contributed by atoms with Crippen molar-refractivity contribution in [1.82, 2.24) is 5.32 Å². The number of aliphatic carboxylic acids is 1. The summed E-state index contributed by atoms with van der Waals surface area (Å²) >= 11 is 3.35.